The fourth-order valence-electron chi connectivity index (χ4n) is 3.52. The van der Waals surface area contributed by atoms with Crippen LogP contribution in [0.15, 0.2) is 97.2 Å². The van der Waals surface area contributed by atoms with Gasteiger partial charge in [-0.3, -0.25) is 4.98 Å². The summed E-state index contributed by atoms with van der Waals surface area (Å²) in [4.78, 5) is 4.50. The molecule has 2 heterocycles. The molecule has 0 amide bonds. The second kappa shape index (κ2) is 5.60. The maximum absolute atomic E-state index is 4.50. The molecule has 0 radical (unpaired) electrons. The van der Waals surface area contributed by atoms with Gasteiger partial charge < -0.3 is 4.57 Å². The molecule has 2 nitrogen and oxygen atoms in total. The maximum atomic E-state index is 4.50. The van der Waals surface area contributed by atoms with Crippen molar-refractivity contribution in [2.75, 3.05) is 0 Å². The molecule has 0 aliphatic carbocycles. The number of hydrogen-bond donors (Lipinski definition) is 0. The molecule has 2 aromatic heterocycles. The Bertz CT molecular complexity index is 1170. The Morgan fingerprint density at radius 3 is 2.20 bits per heavy atom. The summed E-state index contributed by atoms with van der Waals surface area (Å²) in [6.45, 7) is 0. The third kappa shape index (κ3) is 2.23. The van der Waals surface area contributed by atoms with E-state index in [1.54, 1.807) is 0 Å². The second-order valence-electron chi connectivity index (χ2n) is 6.14. The molecule has 0 saturated carbocycles. The highest BCUT2D eigenvalue weighted by Crippen LogP contribution is 2.34. The summed E-state index contributed by atoms with van der Waals surface area (Å²) >= 11 is 0. The number of pyridine rings is 1. The number of benzene rings is 3. The predicted octanol–water partition coefficient (Wildman–Crippen LogP) is 5.85. The molecule has 0 spiro atoms. The van der Waals surface area contributed by atoms with E-state index in [-0.39, 0.29) is 0 Å². The van der Waals surface area contributed by atoms with Gasteiger partial charge >= 0.3 is 0 Å². The molecule has 5 rings (SSSR count). The predicted molar refractivity (Wildman–Crippen MR) is 104 cm³/mol. The molecular formula is C23H16N2. The quantitative estimate of drug-likeness (QED) is 0.399. The number of para-hydroxylation sites is 2. The number of rotatable bonds is 2. The van der Waals surface area contributed by atoms with E-state index < -0.39 is 0 Å². The van der Waals surface area contributed by atoms with Crippen molar-refractivity contribution in [2.45, 2.75) is 0 Å². The first kappa shape index (κ1) is 14.0. The van der Waals surface area contributed by atoms with Crippen LogP contribution in [-0.4, -0.2) is 9.55 Å². The lowest BCUT2D eigenvalue weighted by Crippen LogP contribution is -1.93. The van der Waals surface area contributed by atoms with Crippen LogP contribution < -0.4 is 0 Å². The molecule has 0 aliphatic heterocycles. The van der Waals surface area contributed by atoms with Crippen LogP contribution in [0.3, 0.4) is 0 Å². The lowest BCUT2D eigenvalue weighted by Gasteiger charge is -2.08. The second-order valence-corrected chi connectivity index (χ2v) is 6.14. The lowest BCUT2D eigenvalue weighted by atomic mass is 10.1. The molecule has 0 fully saturated rings. The third-order valence-electron chi connectivity index (χ3n) is 4.65. The topological polar surface area (TPSA) is 17.8 Å². The lowest BCUT2D eigenvalue weighted by molar-refractivity contribution is 1.18. The van der Waals surface area contributed by atoms with Crippen LogP contribution >= 0.6 is 0 Å². The summed E-state index contributed by atoms with van der Waals surface area (Å²) in [5.41, 5.74) is 5.73. The van der Waals surface area contributed by atoms with Gasteiger partial charge in [0, 0.05) is 28.2 Å². The zero-order chi connectivity index (χ0) is 16.6. The molecule has 3 aromatic carbocycles. The number of aromatic nitrogens is 2. The van der Waals surface area contributed by atoms with Crippen molar-refractivity contribution in [1.29, 1.82) is 0 Å². The standard InChI is InChI=1S/C23H16N2/c1-2-8-18(9-3-1)25-22-12-5-4-10-19(22)20-14-13-17(16-23(20)25)21-11-6-7-15-24-21/h1-16H. The van der Waals surface area contributed by atoms with Gasteiger partial charge in [0.15, 0.2) is 0 Å². The number of nitrogens with zero attached hydrogens (tertiary/aromatic N) is 2. The molecule has 0 saturated heterocycles. The molecule has 5 aromatic rings. The molecule has 0 N–H and O–H groups in total. The Labute approximate surface area is 146 Å². The van der Waals surface area contributed by atoms with Gasteiger partial charge in [0.05, 0.1) is 16.7 Å². The fourth-order valence-corrected chi connectivity index (χ4v) is 3.52. The van der Waals surface area contributed by atoms with Gasteiger partial charge in [0.25, 0.3) is 0 Å². The molecule has 0 aliphatic rings. The summed E-state index contributed by atoms with van der Waals surface area (Å²) in [6.07, 6.45) is 1.84. The van der Waals surface area contributed by atoms with E-state index in [4.69, 9.17) is 0 Å². The molecular weight excluding hydrogens is 304 g/mol. The summed E-state index contributed by atoms with van der Waals surface area (Å²) in [7, 11) is 0. The average Bonchev–Trinajstić information content (AvgIpc) is 3.03. The smallest absolute Gasteiger partial charge is 0.0702 e. The number of fused-ring (bicyclic) bond motifs is 3. The molecule has 25 heavy (non-hydrogen) atoms. The average molecular weight is 320 g/mol. The van der Waals surface area contributed by atoms with Crippen molar-refractivity contribution in [3.05, 3.63) is 97.2 Å². The zero-order valence-corrected chi connectivity index (χ0v) is 13.6. The Hall–Kier alpha value is -3.39. The van der Waals surface area contributed by atoms with E-state index in [1.165, 1.54) is 27.5 Å². The van der Waals surface area contributed by atoms with Crippen molar-refractivity contribution in [3.8, 4) is 16.9 Å². The van der Waals surface area contributed by atoms with Crippen LogP contribution in [0, 0.1) is 0 Å². The first-order chi connectivity index (χ1) is 12.4. The van der Waals surface area contributed by atoms with Gasteiger partial charge in [-0.25, -0.2) is 0 Å². The van der Waals surface area contributed by atoms with Gasteiger partial charge in [-0.1, -0.05) is 54.6 Å². The Morgan fingerprint density at radius 1 is 0.600 bits per heavy atom. The van der Waals surface area contributed by atoms with Crippen LogP contribution in [0.4, 0.5) is 0 Å². The minimum absolute atomic E-state index is 0.995. The Morgan fingerprint density at radius 2 is 1.36 bits per heavy atom. The molecule has 0 bridgehead atoms. The summed E-state index contributed by atoms with van der Waals surface area (Å²) in [5, 5.41) is 2.54. The van der Waals surface area contributed by atoms with Crippen LogP contribution in [0.1, 0.15) is 0 Å². The maximum Gasteiger partial charge on any atom is 0.0702 e. The van der Waals surface area contributed by atoms with Crippen LogP contribution in [-0.2, 0) is 0 Å². The van der Waals surface area contributed by atoms with Gasteiger partial charge in [-0.2, -0.15) is 0 Å². The molecule has 0 unspecified atom stereocenters. The van der Waals surface area contributed by atoms with Gasteiger partial charge in [0.1, 0.15) is 0 Å². The SMILES string of the molecule is c1ccc(-n2c3ccccc3c3ccc(-c4ccccn4)cc32)cc1. The van der Waals surface area contributed by atoms with E-state index in [9.17, 15) is 0 Å². The van der Waals surface area contributed by atoms with E-state index in [2.05, 4.69) is 88.4 Å². The van der Waals surface area contributed by atoms with E-state index in [0.717, 1.165) is 11.3 Å². The highest BCUT2D eigenvalue weighted by Gasteiger charge is 2.12. The summed E-state index contributed by atoms with van der Waals surface area (Å²) < 4.78 is 2.33. The van der Waals surface area contributed by atoms with E-state index in [0.29, 0.717) is 0 Å². The highest BCUT2D eigenvalue weighted by atomic mass is 15.0. The van der Waals surface area contributed by atoms with E-state index >= 15 is 0 Å². The summed E-state index contributed by atoms with van der Waals surface area (Å²) in [6, 6.07) is 31.7. The zero-order valence-electron chi connectivity index (χ0n) is 13.6. The third-order valence-corrected chi connectivity index (χ3v) is 4.65. The first-order valence-electron chi connectivity index (χ1n) is 8.42. The van der Waals surface area contributed by atoms with Gasteiger partial charge in [-0.15, -0.1) is 0 Å². The van der Waals surface area contributed by atoms with Crippen molar-refractivity contribution in [1.82, 2.24) is 9.55 Å². The van der Waals surface area contributed by atoms with Crippen LogP contribution in [0.5, 0.6) is 0 Å². The molecule has 0 atom stereocenters. The minimum Gasteiger partial charge on any atom is -0.309 e. The largest absolute Gasteiger partial charge is 0.309 e. The highest BCUT2D eigenvalue weighted by molar-refractivity contribution is 6.10. The van der Waals surface area contributed by atoms with Crippen LogP contribution in [0.25, 0.3) is 38.8 Å². The Balaban J connectivity index is 1.88. The molecule has 2 heteroatoms. The number of hydrogen-bond acceptors (Lipinski definition) is 1. The summed E-state index contributed by atoms with van der Waals surface area (Å²) in [5.74, 6) is 0. The van der Waals surface area contributed by atoms with Crippen molar-refractivity contribution < 1.29 is 0 Å². The van der Waals surface area contributed by atoms with Gasteiger partial charge in [-0.05, 0) is 36.4 Å². The van der Waals surface area contributed by atoms with E-state index in [1.807, 2.05) is 18.3 Å². The molecule has 118 valence electrons. The van der Waals surface area contributed by atoms with Gasteiger partial charge in [0.2, 0.25) is 0 Å². The van der Waals surface area contributed by atoms with Crippen LogP contribution in [0.2, 0.25) is 0 Å². The normalized spacial score (nSPS) is 11.2. The first-order valence-corrected chi connectivity index (χ1v) is 8.42. The van der Waals surface area contributed by atoms with Crippen molar-refractivity contribution in [2.24, 2.45) is 0 Å². The minimum atomic E-state index is 0.995. The fraction of sp³-hybridized carbons (Fsp3) is 0. The van der Waals surface area contributed by atoms with Crippen molar-refractivity contribution in [3.63, 3.8) is 0 Å². The van der Waals surface area contributed by atoms with Crippen molar-refractivity contribution >= 4 is 21.8 Å². The monoisotopic (exact) mass is 320 g/mol. The Kier molecular flexibility index (Phi) is 3.14.